The molecule has 1 saturated heterocycles. The predicted octanol–water partition coefficient (Wildman–Crippen LogP) is 2.05. The molecule has 12 nitrogen and oxygen atoms in total. The third kappa shape index (κ3) is 3.76. The first-order valence-electron chi connectivity index (χ1n) is 12.8. The quantitative estimate of drug-likeness (QED) is 0.376. The van der Waals surface area contributed by atoms with Crippen LogP contribution in [0.3, 0.4) is 0 Å². The molecule has 194 valence electrons. The fourth-order valence-electron chi connectivity index (χ4n) is 5.51. The minimum absolute atomic E-state index is 0.109. The molecular formula is C26H28N10O2. The van der Waals surface area contributed by atoms with E-state index in [2.05, 4.69) is 48.2 Å². The largest absolute Gasteiger partial charge is 0.461 e. The number of nitrogen functional groups attached to an aromatic ring is 1. The van der Waals surface area contributed by atoms with Crippen LogP contribution < -0.4 is 15.5 Å². The fourth-order valence-corrected chi connectivity index (χ4v) is 5.51. The third-order valence-corrected chi connectivity index (χ3v) is 7.54. The minimum atomic E-state index is 0.109. The average Bonchev–Trinajstić information content (AvgIpc) is 3.72. The van der Waals surface area contributed by atoms with Crippen molar-refractivity contribution in [2.75, 3.05) is 54.8 Å². The number of hydrogen-bond donors (Lipinski definition) is 1. The minimum Gasteiger partial charge on any atom is -0.461 e. The van der Waals surface area contributed by atoms with E-state index < -0.39 is 0 Å². The van der Waals surface area contributed by atoms with Gasteiger partial charge in [0.25, 0.3) is 0 Å². The van der Waals surface area contributed by atoms with Crippen LogP contribution in [0.2, 0.25) is 0 Å². The SMILES string of the molecule is CC(=O)N1CCc2cc(N3CCN(CCn4ncc5c4nc(N)n4nc(-c6ccco6)nc54)CC3)ccc21. The number of anilines is 3. The third-order valence-electron chi connectivity index (χ3n) is 7.54. The summed E-state index contributed by atoms with van der Waals surface area (Å²) in [6.07, 6.45) is 4.28. The van der Waals surface area contributed by atoms with Crippen molar-refractivity contribution in [3.05, 3.63) is 48.4 Å². The van der Waals surface area contributed by atoms with Crippen LogP contribution in [0.4, 0.5) is 17.3 Å². The number of carbonyl (C=O) groups excluding carboxylic acids is 1. The highest BCUT2D eigenvalue weighted by molar-refractivity contribution is 5.94. The first kappa shape index (κ1) is 22.7. The Kier molecular flexibility index (Phi) is 5.28. The van der Waals surface area contributed by atoms with Crippen molar-refractivity contribution >= 4 is 39.9 Å². The standard InChI is InChI=1S/C26H28N10O2/c1-17(37)34-7-6-18-15-19(4-5-21(18)34)33-11-8-32(9-12-33)10-13-35-24-20(16-28-35)25-29-23(22-3-2-14-38-22)31-36(25)26(27)30-24/h2-5,14-16H,6-13H2,1H3,(H2,27,30). The maximum absolute atomic E-state index is 11.9. The molecular weight excluding hydrogens is 484 g/mol. The molecule has 0 atom stereocenters. The van der Waals surface area contributed by atoms with Crippen molar-refractivity contribution < 1.29 is 9.21 Å². The van der Waals surface area contributed by atoms with E-state index in [1.807, 2.05) is 15.6 Å². The molecule has 12 heteroatoms. The second kappa shape index (κ2) is 8.84. The molecule has 38 heavy (non-hydrogen) atoms. The number of carbonyl (C=O) groups is 1. The van der Waals surface area contributed by atoms with Gasteiger partial charge in [0.05, 0.1) is 24.4 Å². The van der Waals surface area contributed by atoms with Gasteiger partial charge in [0, 0.05) is 57.6 Å². The van der Waals surface area contributed by atoms with Gasteiger partial charge in [0.1, 0.15) is 0 Å². The number of benzene rings is 1. The van der Waals surface area contributed by atoms with E-state index in [0.717, 1.165) is 56.8 Å². The molecule has 1 amide bonds. The normalized spacial score (nSPS) is 16.1. The highest BCUT2D eigenvalue weighted by Crippen LogP contribution is 2.32. The Morgan fingerprint density at radius 2 is 1.92 bits per heavy atom. The summed E-state index contributed by atoms with van der Waals surface area (Å²) in [5.74, 6) is 1.40. The Hall–Kier alpha value is -4.45. The lowest BCUT2D eigenvalue weighted by Gasteiger charge is -2.36. The number of hydrogen-bond acceptors (Lipinski definition) is 9. The van der Waals surface area contributed by atoms with Crippen molar-refractivity contribution in [1.82, 2.24) is 34.3 Å². The van der Waals surface area contributed by atoms with Crippen molar-refractivity contribution in [3.63, 3.8) is 0 Å². The van der Waals surface area contributed by atoms with E-state index in [4.69, 9.17) is 10.2 Å². The van der Waals surface area contributed by atoms with Crippen LogP contribution in [0.5, 0.6) is 0 Å². The van der Waals surface area contributed by atoms with Crippen LogP contribution in [-0.2, 0) is 17.8 Å². The molecule has 5 aromatic rings. The van der Waals surface area contributed by atoms with Crippen molar-refractivity contribution in [3.8, 4) is 11.6 Å². The molecule has 1 aromatic carbocycles. The van der Waals surface area contributed by atoms with E-state index >= 15 is 0 Å². The lowest BCUT2D eigenvalue weighted by molar-refractivity contribution is -0.116. The first-order valence-corrected chi connectivity index (χ1v) is 12.8. The predicted molar refractivity (Wildman–Crippen MR) is 143 cm³/mol. The number of aromatic nitrogens is 6. The number of piperazine rings is 1. The van der Waals surface area contributed by atoms with E-state index in [0.29, 0.717) is 29.4 Å². The van der Waals surface area contributed by atoms with Crippen molar-refractivity contribution in [2.24, 2.45) is 0 Å². The van der Waals surface area contributed by atoms with Gasteiger partial charge in [-0.15, -0.1) is 5.10 Å². The Labute approximate surface area is 218 Å². The van der Waals surface area contributed by atoms with Gasteiger partial charge in [0.2, 0.25) is 17.7 Å². The summed E-state index contributed by atoms with van der Waals surface area (Å²) in [4.78, 5) is 27.8. The van der Waals surface area contributed by atoms with E-state index in [1.165, 1.54) is 15.8 Å². The molecule has 2 aliphatic heterocycles. The van der Waals surface area contributed by atoms with Crippen LogP contribution >= 0.6 is 0 Å². The molecule has 0 aliphatic carbocycles. The van der Waals surface area contributed by atoms with Gasteiger partial charge in [-0.3, -0.25) is 9.69 Å². The summed E-state index contributed by atoms with van der Waals surface area (Å²) in [6.45, 7) is 7.81. The lowest BCUT2D eigenvalue weighted by atomic mass is 10.1. The topological polar surface area (TPSA) is 127 Å². The second-order valence-electron chi connectivity index (χ2n) is 9.79. The maximum atomic E-state index is 11.9. The number of fused-ring (bicyclic) bond motifs is 4. The van der Waals surface area contributed by atoms with Crippen LogP contribution in [-0.4, -0.2) is 79.4 Å². The molecule has 2 N–H and O–H groups in total. The Morgan fingerprint density at radius 1 is 1.05 bits per heavy atom. The summed E-state index contributed by atoms with van der Waals surface area (Å²) in [5.41, 5.74) is 11.1. The molecule has 0 saturated carbocycles. The molecule has 7 rings (SSSR count). The van der Waals surface area contributed by atoms with Gasteiger partial charge in [-0.05, 0) is 42.3 Å². The zero-order valence-corrected chi connectivity index (χ0v) is 21.1. The van der Waals surface area contributed by atoms with Gasteiger partial charge in [-0.25, -0.2) is 9.67 Å². The van der Waals surface area contributed by atoms with E-state index in [-0.39, 0.29) is 11.9 Å². The number of furan rings is 1. The molecule has 0 spiro atoms. The summed E-state index contributed by atoms with van der Waals surface area (Å²) < 4.78 is 8.86. The summed E-state index contributed by atoms with van der Waals surface area (Å²) in [6, 6.07) is 10.1. The monoisotopic (exact) mass is 512 g/mol. The van der Waals surface area contributed by atoms with Gasteiger partial charge < -0.3 is 20.0 Å². The van der Waals surface area contributed by atoms with Gasteiger partial charge in [-0.2, -0.15) is 14.6 Å². The van der Waals surface area contributed by atoms with Crippen molar-refractivity contribution in [1.29, 1.82) is 0 Å². The van der Waals surface area contributed by atoms with Crippen LogP contribution in [0, 0.1) is 0 Å². The zero-order valence-electron chi connectivity index (χ0n) is 21.1. The smallest absolute Gasteiger partial charge is 0.225 e. The average molecular weight is 513 g/mol. The second-order valence-corrected chi connectivity index (χ2v) is 9.79. The number of rotatable bonds is 5. The van der Waals surface area contributed by atoms with Crippen molar-refractivity contribution in [2.45, 2.75) is 19.9 Å². The van der Waals surface area contributed by atoms with E-state index in [9.17, 15) is 4.79 Å². The summed E-state index contributed by atoms with van der Waals surface area (Å²) in [7, 11) is 0. The lowest BCUT2D eigenvalue weighted by Crippen LogP contribution is -2.47. The molecule has 4 aromatic heterocycles. The van der Waals surface area contributed by atoms with Crippen LogP contribution in [0.15, 0.2) is 47.2 Å². The van der Waals surface area contributed by atoms with E-state index in [1.54, 1.807) is 25.5 Å². The Bertz CT molecular complexity index is 1650. The Morgan fingerprint density at radius 3 is 2.71 bits per heavy atom. The maximum Gasteiger partial charge on any atom is 0.225 e. The van der Waals surface area contributed by atoms with Crippen LogP contribution in [0.25, 0.3) is 28.3 Å². The van der Waals surface area contributed by atoms with Gasteiger partial charge in [0.15, 0.2) is 17.1 Å². The zero-order chi connectivity index (χ0) is 25.8. The highest BCUT2D eigenvalue weighted by Gasteiger charge is 2.24. The van der Waals surface area contributed by atoms with Gasteiger partial charge >= 0.3 is 0 Å². The molecule has 0 radical (unpaired) electrons. The highest BCUT2D eigenvalue weighted by atomic mass is 16.3. The number of amides is 1. The van der Waals surface area contributed by atoms with Gasteiger partial charge in [-0.1, -0.05) is 0 Å². The Balaban J connectivity index is 1.02. The molecule has 6 heterocycles. The van der Waals surface area contributed by atoms with Crippen LogP contribution in [0.1, 0.15) is 12.5 Å². The molecule has 0 unspecified atom stereocenters. The number of nitrogens with zero attached hydrogens (tertiary/aromatic N) is 9. The molecule has 2 aliphatic rings. The summed E-state index contributed by atoms with van der Waals surface area (Å²) >= 11 is 0. The fraction of sp³-hybridized carbons (Fsp3) is 0.346. The molecule has 0 bridgehead atoms. The number of nitrogens with two attached hydrogens (primary N) is 1. The molecule has 1 fully saturated rings. The summed E-state index contributed by atoms with van der Waals surface area (Å²) in [5, 5.41) is 9.84. The first-order chi connectivity index (χ1) is 18.5.